The third-order valence-corrected chi connectivity index (χ3v) is 3.00. The monoisotopic (exact) mass is 244 g/mol. The van der Waals surface area contributed by atoms with Crippen LogP contribution in [-0.2, 0) is 9.59 Å². The first kappa shape index (κ1) is 13.9. The van der Waals surface area contributed by atoms with E-state index in [4.69, 9.17) is 5.11 Å². The Morgan fingerprint density at radius 3 is 2.47 bits per heavy atom. The highest BCUT2D eigenvalue weighted by Crippen LogP contribution is 2.17. The van der Waals surface area contributed by atoms with Gasteiger partial charge < -0.3 is 20.8 Å². The van der Waals surface area contributed by atoms with Crippen LogP contribution in [0.4, 0.5) is 0 Å². The van der Waals surface area contributed by atoms with E-state index in [2.05, 4.69) is 10.6 Å². The van der Waals surface area contributed by atoms with E-state index in [1.807, 2.05) is 0 Å². The average molecular weight is 244 g/mol. The van der Waals surface area contributed by atoms with Gasteiger partial charge in [0.1, 0.15) is 0 Å². The first-order chi connectivity index (χ1) is 7.92. The summed E-state index contributed by atoms with van der Waals surface area (Å²) in [7, 11) is 0. The zero-order valence-corrected chi connectivity index (χ0v) is 10.0. The Hall–Kier alpha value is -1.14. The predicted octanol–water partition coefficient (Wildman–Crippen LogP) is -0.530. The topological polar surface area (TPSA) is 98.7 Å². The van der Waals surface area contributed by atoms with Gasteiger partial charge in [-0.15, -0.1) is 0 Å². The van der Waals surface area contributed by atoms with E-state index in [1.54, 1.807) is 0 Å². The minimum absolute atomic E-state index is 0.167. The molecule has 0 aromatic carbocycles. The van der Waals surface area contributed by atoms with Gasteiger partial charge in [0.05, 0.1) is 13.1 Å². The molecule has 98 valence electrons. The maximum Gasteiger partial charge on any atom is 0.337 e. The highest BCUT2D eigenvalue weighted by Gasteiger charge is 2.30. The van der Waals surface area contributed by atoms with Crippen LogP contribution in [0, 0.1) is 0 Å². The first-order valence-corrected chi connectivity index (χ1v) is 5.87. The lowest BCUT2D eigenvalue weighted by Crippen LogP contribution is -2.48. The maximum absolute atomic E-state index is 11.4. The Balaban J connectivity index is 2.18. The summed E-state index contributed by atoms with van der Waals surface area (Å²) in [6.45, 7) is 1.04. The largest absolute Gasteiger partial charge is 0.479 e. The van der Waals surface area contributed by atoms with Gasteiger partial charge in [0.25, 0.3) is 0 Å². The fourth-order valence-electron chi connectivity index (χ4n) is 1.78. The number of aliphatic hydroxyl groups is 1. The second-order valence-corrected chi connectivity index (χ2v) is 4.72. The van der Waals surface area contributed by atoms with Crippen LogP contribution in [0.25, 0.3) is 0 Å². The van der Waals surface area contributed by atoms with Crippen LogP contribution < -0.4 is 10.6 Å². The summed E-state index contributed by atoms with van der Waals surface area (Å²) < 4.78 is 0. The van der Waals surface area contributed by atoms with Gasteiger partial charge >= 0.3 is 5.97 Å². The standard InChI is InChI=1S/C11H20N2O4/c1-11(17,10(15)16)7-13-9(14)6-12-8-4-2-3-5-8/h8,12,17H,2-7H2,1H3,(H,13,14)(H,15,16). The third-order valence-electron chi connectivity index (χ3n) is 3.00. The highest BCUT2D eigenvalue weighted by molar-refractivity contribution is 5.81. The molecule has 0 radical (unpaired) electrons. The molecule has 0 aromatic heterocycles. The van der Waals surface area contributed by atoms with E-state index in [0.717, 1.165) is 19.8 Å². The lowest BCUT2D eigenvalue weighted by molar-refractivity contribution is -0.156. The first-order valence-electron chi connectivity index (χ1n) is 5.87. The molecule has 1 atom stereocenters. The van der Waals surface area contributed by atoms with Crippen molar-refractivity contribution < 1.29 is 19.8 Å². The van der Waals surface area contributed by atoms with Crippen LogP contribution in [-0.4, -0.2) is 46.8 Å². The van der Waals surface area contributed by atoms with Gasteiger partial charge in [-0.05, 0) is 19.8 Å². The maximum atomic E-state index is 11.4. The van der Waals surface area contributed by atoms with E-state index in [0.29, 0.717) is 6.04 Å². The summed E-state index contributed by atoms with van der Waals surface area (Å²) in [5.74, 6) is -1.64. The number of carbonyl (C=O) groups excluding carboxylic acids is 1. The minimum Gasteiger partial charge on any atom is -0.479 e. The summed E-state index contributed by atoms with van der Waals surface area (Å²) in [6.07, 6.45) is 4.54. The Kier molecular flexibility index (Phi) is 4.89. The molecule has 0 aliphatic heterocycles. The Labute approximate surface area is 100 Å². The molecule has 0 aromatic rings. The quantitative estimate of drug-likeness (QED) is 0.503. The molecule has 4 N–H and O–H groups in total. The molecule has 1 unspecified atom stereocenters. The molecule has 0 saturated heterocycles. The van der Waals surface area contributed by atoms with Crippen LogP contribution >= 0.6 is 0 Å². The van der Waals surface area contributed by atoms with Crippen molar-refractivity contribution in [3.05, 3.63) is 0 Å². The summed E-state index contributed by atoms with van der Waals surface area (Å²) in [4.78, 5) is 22.0. The zero-order valence-electron chi connectivity index (χ0n) is 10.0. The van der Waals surface area contributed by atoms with Crippen LogP contribution in [0.15, 0.2) is 0 Å². The predicted molar refractivity (Wildman–Crippen MR) is 61.5 cm³/mol. The number of rotatable bonds is 6. The number of amides is 1. The number of carbonyl (C=O) groups is 2. The Morgan fingerprint density at radius 2 is 1.94 bits per heavy atom. The second kappa shape index (κ2) is 5.97. The molecule has 6 nitrogen and oxygen atoms in total. The van der Waals surface area contributed by atoms with E-state index in [1.165, 1.54) is 12.8 Å². The van der Waals surface area contributed by atoms with Gasteiger partial charge in [-0.2, -0.15) is 0 Å². The molecule has 1 rings (SSSR count). The van der Waals surface area contributed by atoms with E-state index >= 15 is 0 Å². The molecule has 6 heteroatoms. The SMILES string of the molecule is CC(O)(CNC(=O)CNC1CCCC1)C(=O)O. The lowest BCUT2D eigenvalue weighted by Gasteiger charge is -2.19. The van der Waals surface area contributed by atoms with Crippen molar-refractivity contribution in [3.8, 4) is 0 Å². The van der Waals surface area contributed by atoms with Crippen molar-refractivity contribution in [2.75, 3.05) is 13.1 Å². The lowest BCUT2D eigenvalue weighted by atomic mass is 10.1. The highest BCUT2D eigenvalue weighted by atomic mass is 16.4. The molecule has 1 aliphatic rings. The molecular formula is C11H20N2O4. The van der Waals surface area contributed by atoms with E-state index in [9.17, 15) is 14.7 Å². The van der Waals surface area contributed by atoms with Crippen LogP contribution in [0.3, 0.4) is 0 Å². The fourth-order valence-corrected chi connectivity index (χ4v) is 1.78. The van der Waals surface area contributed by atoms with Gasteiger partial charge in [0, 0.05) is 6.04 Å². The summed E-state index contributed by atoms with van der Waals surface area (Å²) in [6, 6.07) is 0.390. The van der Waals surface area contributed by atoms with Gasteiger partial charge in [-0.3, -0.25) is 4.79 Å². The van der Waals surface area contributed by atoms with Crippen LogP contribution in [0.5, 0.6) is 0 Å². The zero-order chi connectivity index (χ0) is 12.9. The van der Waals surface area contributed by atoms with Crippen LogP contribution in [0.2, 0.25) is 0 Å². The van der Waals surface area contributed by atoms with E-state index < -0.39 is 11.6 Å². The van der Waals surface area contributed by atoms with Gasteiger partial charge in [-0.1, -0.05) is 12.8 Å². The van der Waals surface area contributed by atoms with Crippen molar-refractivity contribution in [3.63, 3.8) is 0 Å². The molecule has 0 heterocycles. The number of carboxylic acids is 1. The van der Waals surface area contributed by atoms with Gasteiger partial charge in [0.15, 0.2) is 5.60 Å². The minimum atomic E-state index is -1.91. The number of aliphatic carboxylic acids is 1. The second-order valence-electron chi connectivity index (χ2n) is 4.72. The summed E-state index contributed by atoms with van der Waals surface area (Å²) >= 11 is 0. The van der Waals surface area contributed by atoms with Crippen molar-refractivity contribution in [2.45, 2.75) is 44.2 Å². The van der Waals surface area contributed by atoms with Crippen molar-refractivity contribution in [2.24, 2.45) is 0 Å². The molecule has 17 heavy (non-hydrogen) atoms. The molecule has 0 bridgehead atoms. The average Bonchev–Trinajstić information content (AvgIpc) is 2.76. The molecule has 1 aliphatic carbocycles. The molecule has 1 amide bonds. The van der Waals surface area contributed by atoms with Gasteiger partial charge in [-0.25, -0.2) is 4.79 Å². The number of hydrogen-bond donors (Lipinski definition) is 4. The number of hydrogen-bond acceptors (Lipinski definition) is 4. The van der Waals surface area contributed by atoms with Crippen LogP contribution in [0.1, 0.15) is 32.6 Å². The number of nitrogens with one attached hydrogen (secondary N) is 2. The third kappa shape index (κ3) is 4.70. The fraction of sp³-hybridized carbons (Fsp3) is 0.818. The van der Waals surface area contributed by atoms with E-state index in [-0.39, 0.29) is 19.0 Å². The number of carboxylic acid groups (broad SMARTS) is 1. The summed E-state index contributed by atoms with van der Waals surface area (Å²) in [5.41, 5.74) is -1.91. The molecule has 1 saturated carbocycles. The summed E-state index contributed by atoms with van der Waals surface area (Å²) in [5, 5.41) is 23.5. The van der Waals surface area contributed by atoms with Crippen molar-refractivity contribution in [1.29, 1.82) is 0 Å². The Bertz CT molecular complexity index is 285. The Morgan fingerprint density at radius 1 is 1.35 bits per heavy atom. The molecule has 0 spiro atoms. The molecular weight excluding hydrogens is 224 g/mol. The van der Waals surface area contributed by atoms with Crippen molar-refractivity contribution in [1.82, 2.24) is 10.6 Å². The normalized spacial score (nSPS) is 19.9. The van der Waals surface area contributed by atoms with Gasteiger partial charge in [0.2, 0.25) is 5.91 Å². The smallest absolute Gasteiger partial charge is 0.337 e. The van der Waals surface area contributed by atoms with Crippen molar-refractivity contribution >= 4 is 11.9 Å². The molecule has 1 fully saturated rings.